The van der Waals surface area contributed by atoms with Gasteiger partial charge in [0.15, 0.2) is 5.96 Å². The Morgan fingerprint density at radius 3 is 2.66 bits per heavy atom. The van der Waals surface area contributed by atoms with Crippen molar-refractivity contribution in [2.24, 2.45) is 4.99 Å². The van der Waals surface area contributed by atoms with E-state index in [0.717, 1.165) is 44.1 Å². The fraction of sp³-hybridized carbons (Fsp3) is 0.650. The molecule has 2 fully saturated rings. The van der Waals surface area contributed by atoms with Gasteiger partial charge in [0.25, 0.3) is 0 Å². The zero-order valence-corrected chi connectivity index (χ0v) is 20.3. The molecule has 2 N–H and O–H groups in total. The first-order valence-electron chi connectivity index (χ1n) is 10.2. The number of amides is 1. The van der Waals surface area contributed by atoms with E-state index in [9.17, 15) is 4.79 Å². The summed E-state index contributed by atoms with van der Waals surface area (Å²) in [6, 6.07) is 4.38. The van der Waals surface area contributed by atoms with Crippen LogP contribution < -0.4 is 15.5 Å². The molecule has 3 rings (SSSR count). The third kappa shape index (κ3) is 7.16. The van der Waals surface area contributed by atoms with Gasteiger partial charge < -0.3 is 20.4 Å². The molecule has 0 aromatic carbocycles. The van der Waals surface area contributed by atoms with E-state index in [1.54, 1.807) is 25.2 Å². The first-order valence-corrected chi connectivity index (χ1v) is 10.5. The second-order valence-corrected chi connectivity index (χ2v) is 8.22. The number of nitrogens with one attached hydrogen (secondary N) is 2. The molecule has 0 radical (unpaired) electrons. The van der Waals surface area contributed by atoms with E-state index in [2.05, 4.69) is 25.5 Å². The summed E-state index contributed by atoms with van der Waals surface area (Å²) in [7, 11) is 3.51. The molecule has 1 aromatic heterocycles. The molecule has 2 aliphatic rings. The SMILES string of the molecule is CN(C)C(=O)CN=C(NC1CCCCC1)NC1CCN(c2ncccc2Cl)C1.I. The molecule has 1 unspecified atom stereocenters. The molecule has 9 heteroatoms. The number of carbonyl (C=O) groups excluding carboxylic acids is 1. The summed E-state index contributed by atoms with van der Waals surface area (Å²) in [5.74, 6) is 1.56. The lowest BCUT2D eigenvalue weighted by molar-refractivity contribution is -0.127. The van der Waals surface area contributed by atoms with Crippen LogP contribution in [0.1, 0.15) is 38.5 Å². The van der Waals surface area contributed by atoms with Gasteiger partial charge in [-0.3, -0.25) is 4.79 Å². The molecule has 2 heterocycles. The number of halogens is 2. The molecule has 0 spiro atoms. The lowest BCUT2D eigenvalue weighted by atomic mass is 9.96. The second kappa shape index (κ2) is 11.8. The van der Waals surface area contributed by atoms with E-state index in [4.69, 9.17) is 11.6 Å². The van der Waals surface area contributed by atoms with E-state index >= 15 is 0 Å². The van der Waals surface area contributed by atoms with Gasteiger partial charge in [-0.2, -0.15) is 0 Å². The molecule has 0 bridgehead atoms. The monoisotopic (exact) mass is 534 g/mol. The van der Waals surface area contributed by atoms with Gasteiger partial charge in [-0.25, -0.2) is 9.98 Å². The molecule has 1 saturated heterocycles. The highest BCUT2D eigenvalue weighted by Crippen LogP contribution is 2.25. The fourth-order valence-electron chi connectivity index (χ4n) is 3.74. The fourth-order valence-corrected chi connectivity index (χ4v) is 3.98. The minimum Gasteiger partial charge on any atom is -0.354 e. The maximum Gasteiger partial charge on any atom is 0.243 e. The van der Waals surface area contributed by atoms with E-state index in [-0.39, 0.29) is 42.5 Å². The second-order valence-electron chi connectivity index (χ2n) is 7.82. The Labute approximate surface area is 195 Å². The zero-order chi connectivity index (χ0) is 19.9. The normalized spacial score (nSPS) is 20.2. The zero-order valence-electron chi connectivity index (χ0n) is 17.2. The Morgan fingerprint density at radius 2 is 1.97 bits per heavy atom. The molecule has 1 aliphatic carbocycles. The Hall–Kier alpha value is -1.29. The van der Waals surface area contributed by atoms with Crippen LogP contribution in [0.3, 0.4) is 0 Å². The van der Waals surface area contributed by atoms with Crippen molar-refractivity contribution >= 4 is 53.3 Å². The average Bonchev–Trinajstić information content (AvgIpc) is 3.15. The van der Waals surface area contributed by atoms with Crippen LogP contribution in [0.4, 0.5) is 5.82 Å². The van der Waals surface area contributed by atoms with Crippen LogP contribution in [0.5, 0.6) is 0 Å². The van der Waals surface area contributed by atoms with Gasteiger partial charge in [0.1, 0.15) is 12.4 Å². The number of guanidine groups is 1. The topological polar surface area (TPSA) is 72.9 Å². The van der Waals surface area contributed by atoms with Gasteiger partial charge in [0, 0.05) is 45.5 Å². The minimum absolute atomic E-state index is 0. The molecule has 1 aromatic rings. The van der Waals surface area contributed by atoms with Gasteiger partial charge in [0.05, 0.1) is 5.02 Å². The number of pyridine rings is 1. The van der Waals surface area contributed by atoms with Crippen LogP contribution in [-0.2, 0) is 4.79 Å². The highest BCUT2D eigenvalue weighted by molar-refractivity contribution is 14.0. The van der Waals surface area contributed by atoms with Gasteiger partial charge in [-0.05, 0) is 31.4 Å². The number of aromatic nitrogens is 1. The minimum atomic E-state index is -0.00180. The van der Waals surface area contributed by atoms with Crippen LogP contribution in [0.25, 0.3) is 0 Å². The maximum absolute atomic E-state index is 12.0. The summed E-state index contributed by atoms with van der Waals surface area (Å²) in [6.45, 7) is 1.85. The van der Waals surface area contributed by atoms with Crippen molar-refractivity contribution in [3.05, 3.63) is 23.4 Å². The average molecular weight is 535 g/mol. The molecule has 1 atom stereocenters. The van der Waals surface area contributed by atoms with Crippen molar-refractivity contribution < 1.29 is 4.79 Å². The summed E-state index contributed by atoms with van der Waals surface area (Å²) in [6.07, 6.45) is 8.85. The predicted molar refractivity (Wildman–Crippen MR) is 129 cm³/mol. The summed E-state index contributed by atoms with van der Waals surface area (Å²) in [4.78, 5) is 24.7. The molecular formula is C20H32ClIN6O. The molecule has 1 aliphatic heterocycles. The van der Waals surface area contributed by atoms with Crippen LogP contribution in [0, 0.1) is 0 Å². The summed E-state index contributed by atoms with van der Waals surface area (Å²) in [5.41, 5.74) is 0. The first kappa shape index (κ1) is 24.0. The number of hydrogen-bond donors (Lipinski definition) is 2. The van der Waals surface area contributed by atoms with Crippen molar-refractivity contribution in [3.63, 3.8) is 0 Å². The number of likely N-dealkylation sites (N-methyl/N-ethyl adjacent to an activating group) is 1. The highest BCUT2D eigenvalue weighted by atomic mass is 127. The van der Waals surface area contributed by atoms with Gasteiger partial charge in [-0.15, -0.1) is 24.0 Å². The summed E-state index contributed by atoms with van der Waals surface area (Å²) in [5, 5.41) is 7.76. The Morgan fingerprint density at radius 1 is 1.24 bits per heavy atom. The van der Waals surface area contributed by atoms with E-state index in [0.29, 0.717) is 11.1 Å². The number of anilines is 1. The third-order valence-corrected chi connectivity index (χ3v) is 5.68. The summed E-state index contributed by atoms with van der Waals surface area (Å²) < 4.78 is 0. The first-order chi connectivity index (χ1) is 13.5. The number of carbonyl (C=O) groups is 1. The molecule has 1 saturated carbocycles. The van der Waals surface area contributed by atoms with E-state index < -0.39 is 0 Å². The third-order valence-electron chi connectivity index (χ3n) is 5.38. The van der Waals surface area contributed by atoms with Crippen molar-refractivity contribution in [3.8, 4) is 0 Å². The van der Waals surface area contributed by atoms with Crippen LogP contribution >= 0.6 is 35.6 Å². The Balaban J connectivity index is 0.00000300. The van der Waals surface area contributed by atoms with Gasteiger partial charge in [-0.1, -0.05) is 30.9 Å². The van der Waals surface area contributed by atoms with Crippen LogP contribution in [0.15, 0.2) is 23.3 Å². The van der Waals surface area contributed by atoms with Gasteiger partial charge >= 0.3 is 0 Å². The lowest BCUT2D eigenvalue weighted by Crippen LogP contribution is -2.49. The number of nitrogens with zero attached hydrogens (tertiary/aromatic N) is 4. The van der Waals surface area contributed by atoms with Crippen LogP contribution in [0.2, 0.25) is 5.02 Å². The largest absolute Gasteiger partial charge is 0.354 e. The maximum atomic E-state index is 12.0. The van der Waals surface area contributed by atoms with Crippen molar-refractivity contribution in [2.75, 3.05) is 38.6 Å². The quantitative estimate of drug-likeness (QED) is 0.345. The van der Waals surface area contributed by atoms with E-state index in [1.807, 2.05) is 12.1 Å². The Bertz CT molecular complexity index is 695. The molecule has 29 heavy (non-hydrogen) atoms. The summed E-state index contributed by atoms with van der Waals surface area (Å²) >= 11 is 6.30. The standard InChI is InChI=1S/C20H31ClN6O.HI/c1-26(2)18(28)13-23-20(24-15-7-4-3-5-8-15)25-16-10-12-27(14-16)19-17(21)9-6-11-22-19;/h6,9,11,15-16H,3-5,7-8,10,12-14H2,1-2H3,(H2,23,24,25);1H. The van der Waals surface area contributed by atoms with E-state index in [1.165, 1.54) is 19.3 Å². The van der Waals surface area contributed by atoms with Crippen LogP contribution in [-0.4, -0.2) is 67.6 Å². The number of hydrogen-bond acceptors (Lipinski definition) is 4. The van der Waals surface area contributed by atoms with Crippen molar-refractivity contribution in [2.45, 2.75) is 50.6 Å². The predicted octanol–water partition coefficient (Wildman–Crippen LogP) is 2.89. The molecule has 1 amide bonds. The number of aliphatic imine (C=N–C) groups is 1. The lowest BCUT2D eigenvalue weighted by Gasteiger charge is -2.27. The van der Waals surface area contributed by atoms with Crippen molar-refractivity contribution in [1.29, 1.82) is 0 Å². The van der Waals surface area contributed by atoms with Crippen molar-refractivity contribution in [1.82, 2.24) is 20.5 Å². The molecule has 7 nitrogen and oxygen atoms in total. The molecular weight excluding hydrogens is 503 g/mol. The number of rotatable bonds is 5. The molecule has 162 valence electrons. The van der Waals surface area contributed by atoms with Gasteiger partial charge in [0.2, 0.25) is 5.91 Å². The Kier molecular flexibility index (Phi) is 9.74. The highest BCUT2D eigenvalue weighted by Gasteiger charge is 2.26. The smallest absolute Gasteiger partial charge is 0.243 e.